The van der Waals surface area contributed by atoms with Gasteiger partial charge in [0, 0.05) is 181 Å². The second kappa shape index (κ2) is 36.3. The minimum Gasteiger partial charge on any atom is -0.344 e. The van der Waals surface area contributed by atoms with Gasteiger partial charge in [-0.25, -0.2) is 0 Å². The maximum absolute atomic E-state index is 2.44. The molecule has 0 saturated heterocycles. The number of para-hydroxylation sites is 6. The zero-order valence-corrected chi connectivity index (χ0v) is 83.4. The maximum Gasteiger partial charge on any atom is 0.0541 e. The molecule has 0 aliphatic heterocycles. The average molecular weight is 1920 g/mol. The molecule has 0 spiro atoms. The number of benzene rings is 23. The molecule has 8 aromatic heterocycles. The van der Waals surface area contributed by atoms with Gasteiger partial charge in [-0.05, 0) is 272 Å². The zero-order chi connectivity index (χ0) is 99.7. The first kappa shape index (κ1) is 88.2. The van der Waals surface area contributed by atoms with E-state index in [1.54, 1.807) is 0 Å². The molecule has 0 radical (unpaired) electrons. The third kappa shape index (κ3) is 14.9. The molecule has 31 aromatic rings. The molecular formula is C142H100N8. The molecule has 0 atom stereocenters. The number of hydrogen-bond acceptors (Lipinski definition) is 0. The Bertz CT molecular complexity index is 10500. The van der Waals surface area contributed by atoms with E-state index in [-0.39, 0.29) is 0 Å². The monoisotopic (exact) mass is 1920 g/mol. The Balaban J connectivity index is 0.0000000968. The smallest absolute Gasteiger partial charge is 0.0541 e. The normalized spacial score (nSPS) is 11.7. The average Bonchev–Trinajstić information content (AvgIpc) is 1.57. The van der Waals surface area contributed by atoms with Gasteiger partial charge in [0.15, 0.2) is 0 Å². The number of fused-ring (bicyclic) bond motifs is 24. The highest BCUT2D eigenvalue weighted by atomic mass is 15.0. The Kier molecular flexibility index (Phi) is 21.4. The Hall–Kier alpha value is -19.5. The van der Waals surface area contributed by atoms with Gasteiger partial charge in [0.2, 0.25) is 0 Å². The van der Waals surface area contributed by atoms with E-state index in [4.69, 9.17) is 0 Å². The van der Waals surface area contributed by atoms with Crippen molar-refractivity contribution in [1.29, 1.82) is 0 Å². The van der Waals surface area contributed by atoms with E-state index in [1.165, 1.54) is 275 Å². The number of aryl methyl sites for hydroxylation is 4. The molecule has 0 amide bonds. The Morgan fingerprint density at radius 1 is 0.0933 bits per heavy atom. The fourth-order valence-corrected chi connectivity index (χ4v) is 24.0. The van der Waals surface area contributed by atoms with Crippen molar-refractivity contribution in [3.05, 3.63) is 534 Å². The van der Waals surface area contributed by atoms with E-state index in [0.717, 1.165) is 0 Å². The molecule has 31 rings (SSSR count). The van der Waals surface area contributed by atoms with Crippen LogP contribution in [0.2, 0.25) is 0 Å². The van der Waals surface area contributed by atoms with E-state index >= 15 is 0 Å². The van der Waals surface area contributed by atoms with Crippen molar-refractivity contribution < 1.29 is 0 Å². The molecule has 0 saturated carbocycles. The number of nitrogens with zero attached hydrogens (tertiary/aromatic N) is 8. The van der Waals surface area contributed by atoms with E-state index in [0.29, 0.717) is 0 Å². The summed E-state index contributed by atoms with van der Waals surface area (Å²) < 4.78 is 18.8. The van der Waals surface area contributed by atoms with Crippen molar-refractivity contribution in [3.8, 4) is 101 Å². The Morgan fingerprint density at radius 2 is 0.233 bits per heavy atom. The van der Waals surface area contributed by atoms with E-state index in [9.17, 15) is 0 Å². The molecule has 708 valence electrons. The van der Waals surface area contributed by atoms with Gasteiger partial charge in [-0.15, -0.1) is 0 Å². The predicted octanol–water partition coefficient (Wildman–Crippen LogP) is 37.4. The first-order valence-corrected chi connectivity index (χ1v) is 51.6. The van der Waals surface area contributed by atoms with E-state index < -0.39 is 0 Å². The van der Waals surface area contributed by atoms with Gasteiger partial charge in [0.1, 0.15) is 0 Å². The summed E-state index contributed by atoms with van der Waals surface area (Å²) in [6.07, 6.45) is 0. The number of rotatable bonds is 11. The van der Waals surface area contributed by atoms with E-state index in [2.05, 4.69) is 599 Å². The molecule has 150 heavy (non-hydrogen) atoms. The van der Waals surface area contributed by atoms with Crippen LogP contribution in [0.25, 0.3) is 275 Å². The first-order chi connectivity index (χ1) is 74.1. The van der Waals surface area contributed by atoms with Crippen LogP contribution in [0.5, 0.6) is 0 Å². The number of hydrogen-bond donors (Lipinski definition) is 0. The SMILES string of the molecule is Cn1c2ccc(-c3ccccc3)cc2c2cc(-n3c4ccc(-c5ccccc5)cc4c4cc(-c5ccccc5)ccc43)ccc21.Cn1c2ccc(-c3ccccc3)cc2c2cc(-n3c4ccccc4c4ccccc43)ccc21.Cn1c2ccccc2c2cc(-c3ccc4c(c3)c3ccccc3n4-c3ccccc3)ccc21.Cn1c2ccccc2c2cc(-n3c4ccc(-c5ccccc5)cc4c4cc(-c5ccccc5)ccc43)ccc21. The summed E-state index contributed by atoms with van der Waals surface area (Å²) in [5.41, 5.74) is 41.8. The molecule has 8 heterocycles. The highest BCUT2D eigenvalue weighted by molar-refractivity contribution is 6.19. The van der Waals surface area contributed by atoms with Crippen LogP contribution in [-0.4, -0.2) is 36.5 Å². The summed E-state index contributed by atoms with van der Waals surface area (Å²) in [5.74, 6) is 0. The Labute approximate surface area is 867 Å². The third-order valence-electron chi connectivity index (χ3n) is 31.3. The minimum absolute atomic E-state index is 1.17. The van der Waals surface area contributed by atoms with Crippen LogP contribution in [0.4, 0.5) is 0 Å². The summed E-state index contributed by atoms with van der Waals surface area (Å²) in [5, 5.41) is 20.5. The van der Waals surface area contributed by atoms with Crippen LogP contribution in [0.1, 0.15) is 0 Å². The van der Waals surface area contributed by atoms with Crippen molar-refractivity contribution in [2.45, 2.75) is 0 Å². The van der Waals surface area contributed by atoms with Crippen molar-refractivity contribution in [3.63, 3.8) is 0 Å². The molecule has 0 bridgehead atoms. The lowest BCUT2D eigenvalue weighted by Gasteiger charge is -2.10. The molecule has 8 heteroatoms. The van der Waals surface area contributed by atoms with Gasteiger partial charge < -0.3 is 36.5 Å². The first-order valence-electron chi connectivity index (χ1n) is 51.6. The largest absolute Gasteiger partial charge is 0.344 e. The van der Waals surface area contributed by atoms with Crippen molar-refractivity contribution in [2.24, 2.45) is 28.2 Å². The Morgan fingerprint density at radius 3 is 0.487 bits per heavy atom. The van der Waals surface area contributed by atoms with Crippen LogP contribution in [0.3, 0.4) is 0 Å². The molecule has 8 nitrogen and oxygen atoms in total. The predicted molar refractivity (Wildman–Crippen MR) is 637 cm³/mol. The van der Waals surface area contributed by atoms with Crippen LogP contribution in [-0.2, 0) is 28.2 Å². The van der Waals surface area contributed by atoms with Gasteiger partial charge >= 0.3 is 0 Å². The van der Waals surface area contributed by atoms with Crippen LogP contribution >= 0.6 is 0 Å². The topological polar surface area (TPSA) is 39.4 Å². The van der Waals surface area contributed by atoms with Gasteiger partial charge in [0.25, 0.3) is 0 Å². The van der Waals surface area contributed by atoms with Crippen LogP contribution in [0, 0.1) is 0 Å². The quantitative estimate of drug-likeness (QED) is 0.124. The zero-order valence-electron chi connectivity index (χ0n) is 83.4. The molecule has 23 aromatic carbocycles. The summed E-state index contributed by atoms with van der Waals surface area (Å²) in [4.78, 5) is 0. The highest BCUT2D eigenvalue weighted by Crippen LogP contribution is 2.47. The van der Waals surface area contributed by atoms with Crippen LogP contribution < -0.4 is 0 Å². The fourth-order valence-electron chi connectivity index (χ4n) is 24.0. The molecule has 0 N–H and O–H groups in total. The molecular weight excluding hydrogens is 1820 g/mol. The van der Waals surface area contributed by atoms with E-state index in [1.807, 2.05) is 0 Å². The lowest BCUT2D eigenvalue weighted by molar-refractivity contribution is 1.01. The summed E-state index contributed by atoms with van der Waals surface area (Å²) in [7, 11) is 8.63. The molecule has 0 unspecified atom stereocenters. The summed E-state index contributed by atoms with van der Waals surface area (Å²) >= 11 is 0. The second-order valence-corrected chi connectivity index (χ2v) is 39.7. The lowest BCUT2D eigenvalue weighted by Crippen LogP contribution is -1.94. The van der Waals surface area contributed by atoms with Gasteiger partial charge in [-0.2, -0.15) is 0 Å². The van der Waals surface area contributed by atoms with Gasteiger partial charge in [0.05, 0.1) is 44.1 Å². The minimum atomic E-state index is 1.17. The van der Waals surface area contributed by atoms with Gasteiger partial charge in [-0.3, -0.25) is 0 Å². The molecule has 0 fully saturated rings. The van der Waals surface area contributed by atoms with Gasteiger partial charge in [-0.1, -0.05) is 340 Å². The van der Waals surface area contributed by atoms with Crippen LogP contribution in [0.15, 0.2) is 534 Å². The molecule has 0 aliphatic rings. The maximum atomic E-state index is 2.44. The lowest BCUT2D eigenvalue weighted by atomic mass is 10.0. The number of aromatic nitrogens is 8. The van der Waals surface area contributed by atoms with Crippen molar-refractivity contribution in [1.82, 2.24) is 36.5 Å². The molecule has 0 aliphatic carbocycles. The van der Waals surface area contributed by atoms with Crippen molar-refractivity contribution >= 4 is 174 Å². The van der Waals surface area contributed by atoms with Crippen molar-refractivity contribution in [2.75, 3.05) is 0 Å². The highest BCUT2D eigenvalue weighted by Gasteiger charge is 2.24. The third-order valence-corrected chi connectivity index (χ3v) is 31.3. The summed E-state index contributed by atoms with van der Waals surface area (Å²) in [6, 6.07) is 194. The fraction of sp³-hybridized carbons (Fsp3) is 0.0282. The standard InChI is InChI=1S/C43H30N2.C37H26N2.2C31H22N2/c1-44-40-21-17-32(29-11-5-2-6-12-29)25-36(40)39-28-35(20-24-41(39)44)45-42-22-18-33(30-13-7-3-8-14-30)26-37(42)38-27-34(19-23-43(38)45)31-15-9-4-10-16-31;1-38-34-15-9-8-14-30(34)33-24-29(18-21-35(33)38)39-36-19-16-27(25-10-4-2-5-11-25)22-31(36)32-23-28(17-20-37(32)39)26-12-6-3-7-13-26;1-32-28-13-7-5-11-24(28)26-19-21(15-17-29(26)32)22-16-18-31-27(20-22)25-12-6-8-14-30(25)33(31)23-9-3-2-4-10-23;1-32-28-17-15-22(21-9-3-2-4-10-21)19-26(28)27-20-23(16-18-29(27)32)33-30-13-7-5-11-24(30)25-12-6-8-14-31(25)33/h2-28H,1H3;2-24H,1H3;2*2-20H,1H3. The second-order valence-electron chi connectivity index (χ2n) is 39.7. The summed E-state index contributed by atoms with van der Waals surface area (Å²) in [6.45, 7) is 0.